The second kappa shape index (κ2) is 8.34. The van der Waals surface area contributed by atoms with Gasteiger partial charge in [-0.3, -0.25) is 9.78 Å². The van der Waals surface area contributed by atoms with Gasteiger partial charge in [-0.1, -0.05) is 48.5 Å². The molecule has 0 amide bonds. The Balaban J connectivity index is 1.61. The number of carbonyl (C=O) groups is 2. The molecule has 0 N–H and O–H groups in total. The van der Waals surface area contributed by atoms with Crippen LogP contribution >= 0.6 is 0 Å². The lowest BCUT2D eigenvalue weighted by molar-refractivity contribution is -0.171. The summed E-state index contributed by atoms with van der Waals surface area (Å²) in [5.74, 6) is -1.17. The standard InChI is InChI=1S/C20H14O6/c21-19(15-9-3-1-4-10-15)25-23-17-13-7-8-14-18(17)24-26-20(22)16-11-5-2-6-12-16/h1-14H. The summed E-state index contributed by atoms with van der Waals surface area (Å²) in [7, 11) is 0. The molecule has 6 nitrogen and oxygen atoms in total. The van der Waals surface area contributed by atoms with E-state index in [1.807, 2.05) is 0 Å². The van der Waals surface area contributed by atoms with Crippen molar-refractivity contribution >= 4 is 11.9 Å². The summed E-state index contributed by atoms with van der Waals surface area (Å²) in [4.78, 5) is 43.4. The van der Waals surface area contributed by atoms with Gasteiger partial charge in [0.15, 0.2) is 0 Å². The molecule has 0 aliphatic rings. The first-order valence-electron chi connectivity index (χ1n) is 7.71. The summed E-state index contributed by atoms with van der Waals surface area (Å²) < 4.78 is 0. The quantitative estimate of drug-likeness (QED) is 0.494. The molecule has 0 saturated carbocycles. The van der Waals surface area contributed by atoms with Crippen LogP contribution in [-0.4, -0.2) is 11.9 Å². The minimum Gasteiger partial charge on any atom is -0.282 e. The van der Waals surface area contributed by atoms with Crippen LogP contribution in [0, 0.1) is 0 Å². The lowest BCUT2D eigenvalue weighted by atomic mass is 10.2. The average molecular weight is 350 g/mol. The molecule has 0 aliphatic carbocycles. The molecule has 0 saturated heterocycles. The Labute approximate surface area is 149 Å². The van der Waals surface area contributed by atoms with Crippen LogP contribution in [0.3, 0.4) is 0 Å². The molecule has 0 atom stereocenters. The van der Waals surface area contributed by atoms with E-state index in [1.165, 1.54) is 12.1 Å². The second-order valence-corrected chi connectivity index (χ2v) is 5.09. The predicted molar refractivity (Wildman–Crippen MR) is 91.4 cm³/mol. The molecule has 3 rings (SSSR count). The molecular formula is C20H14O6. The third kappa shape index (κ3) is 4.39. The summed E-state index contributed by atoms with van der Waals surface area (Å²) in [5.41, 5.74) is 0.669. The van der Waals surface area contributed by atoms with Gasteiger partial charge in [-0.25, -0.2) is 19.4 Å². The molecular weight excluding hydrogens is 336 g/mol. The van der Waals surface area contributed by atoms with Gasteiger partial charge in [0, 0.05) is 0 Å². The molecule has 0 radical (unpaired) electrons. The summed E-state index contributed by atoms with van der Waals surface area (Å²) in [5, 5.41) is 0. The highest BCUT2D eigenvalue weighted by Crippen LogP contribution is 2.27. The van der Waals surface area contributed by atoms with E-state index in [1.54, 1.807) is 72.8 Å². The maximum absolute atomic E-state index is 11.9. The zero-order chi connectivity index (χ0) is 18.2. The van der Waals surface area contributed by atoms with Crippen LogP contribution in [0.5, 0.6) is 11.5 Å². The van der Waals surface area contributed by atoms with E-state index in [2.05, 4.69) is 0 Å². The zero-order valence-electron chi connectivity index (χ0n) is 13.5. The Kier molecular flexibility index (Phi) is 5.47. The van der Waals surface area contributed by atoms with E-state index in [9.17, 15) is 9.59 Å². The van der Waals surface area contributed by atoms with Crippen molar-refractivity contribution in [3.05, 3.63) is 96.1 Å². The zero-order valence-corrected chi connectivity index (χ0v) is 13.5. The van der Waals surface area contributed by atoms with Crippen molar-refractivity contribution < 1.29 is 29.1 Å². The molecule has 0 bridgehead atoms. The highest BCUT2D eigenvalue weighted by atomic mass is 17.2. The molecule has 26 heavy (non-hydrogen) atoms. The monoisotopic (exact) mass is 350 g/mol. The van der Waals surface area contributed by atoms with Crippen molar-refractivity contribution in [1.29, 1.82) is 0 Å². The number of carbonyl (C=O) groups excluding carboxylic acids is 2. The second-order valence-electron chi connectivity index (χ2n) is 5.09. The Morgan fingerprint density at radius 3 is 1.23 bits per heavy atom. The molecule has 6 heteroatoms. The van der Waals surface area contributed by atoms with Gasteiger partial charge in [0.1, 0.15) is 0 Å². The van der Waals surface area contributed by atoms with Crippen LogP contribution in [0.1, 0.15) is 20.7 Å². The van der Waals surface area contributed by atoms with Crippen molar-refractivity contribution in [2.75, 3.05) is 0 Å². The van der Waals surface area contributed by atoms with Crippen LogP contribution in [0.2, 0.25) is 0 Å². The topological polar surface area (TPSA) is 71.1 Å². The maximum atomic E-state index is 11.9. The Bertz CT molecular complexity index is 803. The fraction of sp³-hybridized carbons (Fsp3) is 0. The first-order chi connectivity index (χ1) is 12.7. The average Bonchev–Trinajstić information content (AvgIpc) is 2.72. The minimum absolute atomic E-state index is 0.0812. The van der Waals surface area contributed by atoms with Crippen molar-refractivity contribution in [3.8, 4) is 11.5 Å². The highest BCUT2D eigenvalue weighted by Gasteiger charge is 2.14. The summed E-state index contributed by atoms with van der Waals surface area (Å²) in [6, 6.07) is 23.1. The third-order valence-corrected chi connectivity index (χ3v) is 3.28. The number of para-hydroxylation sites is 2. The summed E-state index contributed by atoms with van der Waals surface area (Å²) >= 11 is 0. The maximum Gasteiger partial charge on any atom is 0.386 e. The molecule has 0 fully saturated rings. The van der Waals surface area contributed by atoms with Gasteiger partial charge >= 0.3 is 11.9 Å². The van der Waals surface area contributed by atoms with Crippen molar-refractivity contribution in [2.45, 2.75) is 0 Å². The molecule has 0 aromatic heterocycles. The smallest absolute Gasteiger partial charge is 0.282 e. The third-order valence-electron chi connectivity index (χ3n) is 3.28. The van der Waals surface area contributed by atoms with E-state index >= 15 is 0 Å². The Morgan fingerprint density at radius 1 is 0.500 bits per heavy atom. The van der Waals surface area contributed by atoms with E-state index in [0.717, 1.165) is 0 Å². The molecule has 0 unspecified atom stereocenters. The lowest BCUT2D eigenvalue weighted by Gasteiger charge is -2.09. The van der Waals surface area contributed by atoms with Crippen molar-refractivity contribution in [2.24, 2.45) is 0 Å². The number of hydrogen-bond donors (Lipinski definition) is 0. The first-order valence-corrected chi connectivity index (χ1v) is 7.71. The van der Waals surface area contributed by atoms with Gasteiger partial charge in [0.25, 0.3) is 0 Å². The number of rotatable bonds is 6. The van der Waals surface area contributed by atoms with Crippen LogP contribution in [-0.2, 0) is 9.78 Å². The molecule has 0 heterocycles. The summed E-state index contributed by atoms with van der Waals surface area (Å²) in [6.45, 7) is 0. The first kappa shape index (κ1) is 17.0. The van der Waals surface area contributed by atoms with Gasteiger partial charge in [-0.15, -0.1) is 0 Å². The van der Waals surface area contributed by atoms with Gasteiger partial charge < -0.3 is 0 Å². The van der Waals surface area contributed by atoms with Gasteiger partial charge in [0.05, 0.1) is 11.1 Å². The van der Waals surface area contributed by atoms with Gasteiger partial charge in [-0.05, 0) is 36.4 Å². The fourth-order valence-corrected chi connectivity index (χ4v) is 2.00. The number of benzene rings is 3. The Hall–Kier alpha value is -3.80. The lowest BCUT2D eigenvalue weighted by Crippen LogP contribution is -2.11. The SMILES string of the molecule is O=C(OOc1ccccc1OOC(=O)c1ccccc1)c1ccccc1. The number of hydrogen-bond acceptors (Lipinski definition) is 6. The highest BCUT2D eigenvalue weighted by molar-refractivity contribution is 5.89. The van der Waals surface area contributed by atoms with Crippen LogP contribution in [0.15, 0.2) is 84.9 Å². The molecule has 3 aromatic carbocycles. The van der Waals surface area contributed by atoms with Crippen molar-refractivity contribution in [3.63, 3.8) is 0 Å². The van der Waals surface area contributed by atoms with Crippen LogP contribution < -0.4 is 9.78 Å². The largest absolute Gasteiger partial charge is 0.386 e. The Morgan fingerprint density at radius 2 is 0.846 bits per heavy atom. The fourth-order valence-electron chi connectivity index (χ4n) is 2.00. The van der Waals surface area contributed by atoms with Crippen LogP contribution in [0.4, 0.5) is 0 Å². The minimum atomic E-state index is -0.665. The molecule has 130 valence electrons. The molecule has 0 spiro atoms. The van der Waals surface area contributed by atoms with E-state index in [-0.39, 0.29) is 11.5 Å². The van der Waals surface area contributed by atoms with E-state index < -0.39 is 11.9 Å². The predicted octanol–water partition coefficient (Wildman–Crippen LogP) is 3.99. The van der Waals surface area contributed by atoms with Gasteiger partial charge in [0.2, 0.25) is 11.5 Å². The normalized spacial score (nSPS) is 9.85. The van der Waals surface area contributed by atoms with E-state index in [4.69, 9.17) is 19.6 Å². The molecule has 0 aliphatic heterocycles. The summed E-state index contributed by atoms with van der Waals surface area (Å²) in [6.07, 6.45) is 0. The van der Waals surface area contributed by atoms with E-state index in [0.29, 0.717) is 11.1 Å². The van der Waals surface area contributed by atoms with Crippen molar-refractivity contribution in [1.82, 2.24) is 0 Å². The van der Waals surface area contributed by atoms with Gasteiger partial charge in [-0.2, -0.15) is 0 Å². The molecule has 3 aromatic rings. The van der Waals surface area contributed by atoms with Crippen LogP contribution in [0.25, 0.3) is 0 Å².